The molecule has 32 heavy (non-hydrogen) atoms. The van der Waals surface area contributed by atoms with Gasteiger partial charge >= 0.3 is 27.5 Å². The zero-order valence-electron chi connectivity index (χ0n) is 16.4. The molecule has 0 radical (unpaired) electrons. The lowest BCUT2D eigenvalue weighted by molar-refractivity contribution is -0.261. The maximum atomic E-state index is 13.9. The second-order valence-electron chi connectivity index (χ2n) is 7.99. The van der Waals surface area contributed by atoms with Gasteiger partial charge in [-0.05, 0) is 28.2 Å². The molecule has 1 N–H and O–H groups in total. The molecule has 0 spiro atoms. The molecule has 3 aliphatic carbocycles. The van der Waals surface area contributed by atoms with Gasteiger partial charge in [0.2, 0.25) is 0 Å². The number of esters is 1. The first kappa shape index (κ1) is 22.7. The molecule has 2 aromatic carbocycles. The van der Waals surface area contributed by atoms with Crippen molar-refractivity contribution in [2.45, 2.75) is 36.3 Å². The van der Waals surface area contributed by atoms with Gasteiger partial charge in [-0.3, -0.25) is 9.35 Å². The average Bonchev–Trinajstić information content (AvgIpc) is 2.70. The van der Waals surface area contributed by atoms with E-state index in [1.54, 1.807) is 43.3 Å². The number of alkyl halides is 5. The molecule has 172 valence electrons. The van der Waals surface area contributed by atoms with Crippen molar-refractivity contribution in [3.05, 3.63) is 70.8 Å². The predicted molar refractivity (Wildman–Crippen MR) is 102 cm³/mol. The largest absolute Gasteiger partial charge is 0.444 e. The van der Waals surface area contributed by atoms with Gasteiger partial charge in [0.05, 0.1) is 5.92 Å². The summed E-state index contributed by atoms with van der Waals surface area (Å²) in [5.41, 5.74) is 3.09. The maximum absolute atomic E-state index is 13.9. The van der Waals surface area contributed by atoms with E-state index in [2.05, 4.69) is 4.74 Å². The van der Waals surface area contributed by atoms with Gasteiger partial charge in [0.1, 0.15) is 0 Å². The highest BCUT2D eigenvalue weighted by Crippen LogP contribution is 2.58. The Labute approximate surface area is 179 Å². The summed E-state index contributed by atoms with van der Waals surface area (Å²) in [6, 6.07) is 14.1. The van der Waals surface area contributed by atoms with Crippen LogP contribution in [0.2, 0.25) is 0 Å². The van der Waals surface area contributed by atoms with Crippen molar-refractivity contribution in [2.75, 3.05) is 0 Å². The van der Waals surface area contributed by atoms with Crippen LogP contribution in [-0.2, 0) is 19.6 Å². The Hall–Kier alpha value is -2.53. The molecule has 11 heteroatoms. The monoisotopic (exact) mass is 476 g/mol. The van der Waals surface area contributed by atoms with E-state index in [0.29, 0.717) is 11.1 Å². The Morgan fingerprint density at radius 1 is 0.906 bits per heavy atom. The molecule has 0 aromatic heterocycles. The summed E-state index contributed by atoms with van der Waals surface area (Å²) in [6.45, 7) is 1.61. The molecule has 5 nitrogen and oxygen atoms in total. The third kappa shape index (κ3) is 3.29. The summed E-state index contributed by atoms with van der Waals surface area (Å²) in [7, 11) is -6.51. The van der Waals surface area contributed by atoms with Gasteiger partial charge in [-0.25, -0.2) is 0 Å². The van der Waals surface area contributed by atoms with Crippen molar-refractivity contribution in [2.24, 2.45) is 11.8 Å². The molecule has 0 aliphatic heterocycles. The number of benzene rings is 2. The smallest absolute Gasteiger partial charge is 0.432 e. The molecule has 3 atom stereocenters. The van der Waals surface area contributed by atoms with E-state index >= 15 is 0 Å². The highest BCUT2D eigenvalue weighted by Gasteiger charge is 2.66. The molecule has 0 saturated carbocycles. The molecule has 0 saturated heterocycles. The van der Waals surface area contributed by atoms with Crippen LogP contribution >= 0.6 is 0 Å². The molecular formula is C21H17F5O5S. The predicted octanol–water partition coefficient (Wildman–Crippen LogP) is 4.48. The number of hydrogen-bond acceptors (Lipinski definition) is 4. The molecule has 3 unspecified atom stereocenters. The van der Waals surface area contributed by atoms with Crippen LogP contribution < -0.4 is 0 Å². The van der Waals surface area contributed by atoms with E-state index in [0.717, 1.165) is 11.1 Å². The van der Waals surface area contributed by atoms with E-state index in [1.165, 1.54) is 0 Å². The Morgan fingerprint density at radius 3 is 1.69 bits per heavy atom. The van der Waals surface area contributed by atoms with Gasteiger partial charge in [0.15, 0.2) is 0 Å². The topological polar surface area (TPSA) is 80.7 Å². The number of fused-ring (bicyclic) bond motifs is 1. The molecule has 0 amide bonds. The van der Waals surface area contributed by atoms with Crippen LogP contribution in [-0.4, -0.2) is 36.5 Å². The van der Waals surface area contributed by atoms with E-state index in [4.69, 9.17) is 4.55 Å². The lowest BCUT2D eigenvalue weighted by Gasteiger charge is -2.48. The standard InChI is InChI=1S/C21H17F5O5S/c1-10-15-11-6-2-4-8-13(11)17(14-9-5-3-7-12(14)15)16(10)18(27)31-19(20(22,23)24)21(25,26)32(28,29)30/h2-10,15-17,19H,1H3,(H,28,29,30). The number of carbonyl (C=O) groups is 1. The molecular weight excluding hydrogens is 459 g/mol. The van der Waals surface area contributed by atoms with Crippen LogP contribution in [0.3, 0.4) is 0 Å². The second-order valence-corrected chi connectivity index (χ2v) is 9.49. The molecule has 3 aliphatic rings. The number of hydrogen-bond donors (Lipinski definition) is 1. The van der Waals surface area contributed by atoms with Crippen molar-refractivity contribution in [1.82, 2.24) is 0 Å². The number of ether oxygens (including phenoxy) is 1. The SMILES string of the molecule is CC1C2c3ccccc3C(c3ccccc32)C1C(=O)OC(C(F)(F)F)C(F)(F)S(=O)(=O)O. The Balaban J connectivity index is 1.78. The van der Waals surface area contributed by atoms with Crippen molar-refractivity contribution in [3.63, 3.8) is 0 Å². The van der Waals surface area contributed by atoms with Crippen LogP contribution in [0.25, 0.3) is 0 Å². The van der Waals surface area contributed by atoms with Gasteiger partial charge in [0, 0.05) is 11.8 Å². The summed E-state index contributed by atoms with van der Waals surface area (Å²) in [6.07, 6.45) is -10.3. The third-order valence-electron chi connectivity index (χ3n) is 6.24. The van der Waals surface area contributed by atoms with Crippen molar-refractivity contribution >= 4 is 16.1 Å². The fourth-order valence-electron chi connectivity index (χ4n) is 4.96. The highest BCUT2D eigenvalue weighted by molar-refractivity contribution is 7.86. The normalized spacial score (nSPS) is 25.6. The van der Waals surface area contributed by atoms with Gasteiger partial charge in [-0.15, -0.1) is 0 Å². The summed E-state index contributed by atoms with van der Waals surface area (Å²) >= 11 is 0. The van der Waals surface area contributed by atoms with Gasteiger partial charge in [0.25, 0.3) is 6.10 Å². The first-order valence-electron chi connectivity index (χ1n) is 9.56. The van der Waals surface area contributed by atoms with Gasteiger partial charge in [-0.1, -0.05) is 55.5 Å². The summed E-state index contributed by atoms with van der Waals surface area (Å²) in [4.78, 5) is 12.9. The zero-order chi connectivity index (χ0) is 23.6. The minimum Gasteiger partial charge on any atom is -0.444 e. The van der Waals surface area contributed by atoms with Crippen molar-refractivity contribution < 1.29 is 44.5 Å². The Bertz CT molecular complexity index is 1130. The minimum atomic E-state index is -6.51. The van der Waals surface area contributed by atoms with E-state index < -0.39 is 57.3 Å². The molecule has 0 fully saturated rings. The van der Waals surface area contributed by atoms with E-state index in [-0.39, 0.29) is 0 Å². The average molecular weight is 476 g/mol. The summed E-state index contributed by atoms with van der Waals surface area (Å²) in [5.74, 6) is -4.65. The number of halogens is 5. The molecule has 5 rings (SSSR count). The quantitative estimate of drug-likeness (QED) is 0.400. The molecule has 2 bridgehead atoms. The van der Waals surface area contributed by atoms with Crippen LogP contribution in [0.15, 0.2) is 48.5 Å². The van der Waals surface area contributed by atoms with Crippen molar-refractivity contribution in [3.8, 4) is 0 Å². The lowest BCUT2D eigenvalue weighted by Crippen LogP contribution is -2.54. The number of rotatable bonds is 4. The Kier molecular flexibility index (Phi) is 5.13. The van der Waals surface area contributed by atoms with Crippen molar-refractivity contribution in [1.29, 1.82) is 0 Å². The zero-order valence-corrected chi connectivity index (χ0v) is 17.2. The third-order valence-corrected chi connectivity index (χ3v) is 7.14. The van der Waals surface area contributed by atoms with Crippen LogP contribution in [0, 0.1) is 11.8 Å². The van der Waals surface area contributed by atoms with Crippen LogP contribution in [0.4, 0.5) is 22.0 Å². The minimum absolute atomic E-state index is 0.392. The fraction of sp³-hybridized carbons (Fsp3) is 0.381. The van der Waals surface area contributed by atoms with Gasteiger partial charge in [-0.2, -0.15) is 30.4 Å². The van der Waals surface area contributed by atoms with Gasteiger partial charge < -0.3 is 4.74 Å². The second kappa shape index (κ2) is 7.24. The molecule has 2 aromatic rings. The Morgan fingerprint density at radius 2 is 1.31 bits per heavy atom. The van der Waals surface area contributed by atoms with E-state index in [1.807, 2.05) is 12.1 Å². The van der Waals surface area contributed by atoms with Crippen LogP contribution in [0.5, 0.6) is 0 Å². The lowest BCUT2D eigenvalue weighted by atomic mass is 9.54. The fourth-order valence-corrected chi connectivity index (χ4v) is 5.41. The first-order chi connectivity index (χ1) is 14.8. The summed E-state index contributed by atoms with van der Waals surface area (Å²) < 4.78 is 102. The maximum Gasteiger partial charge on any atom is 0.432 e. The van der Waals surface area contributed by atoms with Crippen LogP contribution in [0.1, 0.15) is 41.0 Å². The van der Waals surface area contributed by atoms with E-state index in [9.17, 15) is 35.2 Å². The highest BCUT2D eigenvalue weighted by atomic mass is 32.2. The first-order valence-corrected chi connectivity index (χ1v) is 11.0. The number of carbonyl (C=O) groups excluding carboxylic acids is 1. The summed E-state index contributed by atoms with van der Waals surface area (Å²) in [5, 5.41) is -5.77. The molecule has 0 heterocycles.